The summed E-state index contributed by atoms with van der Waals surface area (Å²) < 4.78 is 12.4. The van der Waals surface area contributed by atoms with Gasteiger partial charge in [-0.05, 0) is 43.5 Å². The van der Waals surface area contributed by atoms with Gasteiger partial charge >= 0.3 is 6.03 Å². The molecule has 2 rings (SSSR count). The van der Waals surface area contributed by atoms with Gasteiger partial charge in [0.25, 0.3) is 0 Å². The number of methoxy groups -OCH3 is 2. The average Bonchev–Trinajstić information content (AvgIpc) is 3.11. The molecule has 1 aromatic heterocycles. The monoisotopic (exact) mass is 347 g/mol. The summed E-state index contributed by atoms with van der Waals surface area (Å²) in [6.45, 7) is 5.18. The normalized spacial score (nSPS) is 11.7. The van der Waals surface area contributed by atoms with Crippen LogP contribution in [0.1, 0.15) is 30.5 Å². The Hall–Kier alpha value is -2.77. The van der Waals surface area contributed by atoms with Gasteiger partial charge in [0, 0.05) is 13.1 Å². The highest BCUT2D eigenvalue weighted by Gasteiger charge is 2.15. The average molecular weight is 347 g/mol. The molecule has 0 saturated carbocycles. The van der Waals surface area contributed by atoms with Crippen LogP contribution in [0.5, 0.6) is 11.5 Å². The van der Waals surface area contributed by atoms with E-state index < -0.39 is 0 Å². The molecule has 0 saturated heterocycles. The van der Waals surface area contributed by atoms with E-state index in [1.165, 1.54) is 6.33 Å². The molecule has 2 amide bonds. The van der Waals surface area contributed by atoms with Crippen LogP contribution < -0.4 is 20.1 Å². The number of carbonyl (C=O) groups excluding carboxylic acids is 1. The number of aromatic nitrogens is 3. The van der Waals surface area contributed by atoms with Crippen molar-refractivity contribution in [3.63, 3.8) is 0 Å². The number of hydrogen-bond donors (Lipinski definition) is 2. The van der Waals surface area contributed by atoms with Gasteiger partial charge in [-0.25, -0.2) is 9.78 Å². The van der Waals surface area contributed by atoms with Crippen LogP contribution in [0, 0.1) is 6.92 Å². The second-order valence-electron chi connectivity index (χ2n) is 5.70. The Kier molecular flexibility index (Phi) is 6.62. The molecule has 0 radical (unpaired) electrons. The molecular formula is C17H25N5O3. The van der Waals surface area contributed by atoms with Crippen LogP contribution in [0.15, 0.2) is 24.8 Å². The summed E-state index contributed by atoms with van der Waals surface area (Å²) >= 11 is 0. The second-order valence-corrected chi connectivity index (χ2v) is 5.70. The van der Waals surface area contributed by atoms with E-state index in [-0.39, 0.29) is 12.1 Å². The third kappa shape index (κ3) is 5.10. The van der Waals surface area contributed by atoms with Crippen LogP contribution in [0.3, 0.4) is 0 Å². The molecule has 0 unspecified atom stereocenters. The molecule has 0 spiro atoms. The van der Waals surface area contributed by atoms with E-state index in [0.29, 0.717) is 24.6 Å². The van der Waals surface area contributed by atoms with Gasteiger partial charge in [0.1, 0.15) is 12.7 Å². The summed E-state index contributed by atoms with van der Waals surface area (Å²) in [5.74, 6) is 1.32. The minimum atomic E-state index is -0.208. The van der Waals surface area contributed by atoms with E-state index in [0.717, 1.165) is 17.5 Å². The molecule has 1 atom stereocenters. The van der Waals surface area contributed by atoms with Crippen molar-refractivity contribution < 1.29 is 14.3 Å². The fourth-order valence-electron chi connectivity index (χ4n) is 2.58. The molecular weight excluding hydrogens is 322 g/mol. The zero-order valence-electron chi connectivity index (χ0n) is 15.1. The first-order valence-corrected chi connectivity index (χ1v) is 8.14. The zero-order chi connectivity index (χ0) is 18.2. The van der Waals surface area contributed by atoms with Gasteiger partial charge < -0.3 is 20.1 Å². The zero-order valence-corrected chi connectivity index (χ0v) is 15.1. The highest BCUT2D eigenvalue weighted by molar-refractivity contribution is 5.74. The molecule has 0 aliphatic heterocycles. The van der Waals surface area contributed by atoms with Crippen molar-refractivity contribution in [2.45, 2.75) is 32.9 Å². The van der Waals surface area contributed by atoms with Crippen LogP contribution in [-0.4, -0.2) is 41.6 Å². The minimum Gasteiger partial charge on any atom is -0.493 e. The van der Waals surface area contributed by atoms with E-state index in [4.69, 9.17) is 9.47 Å². The highest BCUT2D eigenvalue weighted by atomic mass is 16.5. The molecule has 136 valence electrons. The van der Waals surface area contributed by atoms with Crippen LogP contribution in [0.2, 0.25) is 0 Å². The van der Waals surface area contributed by atoms with Crippen molar-refractivity contribution in [3.05, 3.63) is 35.9 Å². The quantitative estimate of drug-likeness (QED) is 0.713. The smallest absolute Gasteiger partial charge is 0.315 e. The van der Waals surface area contributed by atoms with Crippen LogP contribution in [-0.2, 0) is 6.54 Å². The summed E-state index contributed by atoms with van der Waals surface area (Å²) in [4.78, 5) is 15.9. The Morgan fingerprint density at radius 3 is 2.64 bits per heavy atom. The summed E-state index contributed by atoms with van der Waals surface area (Å²) in [6, 6.07) is 3.43. The molecule has 8 heteroatoms. The van der Waals surface area contributed by atoms with Gasteiger partial charge in [-0.15, -0.1) is 0 Å². The van der Waals surface area contributed by atoms with Crippen LogP contribution in [0.4, 0.5) is 4.79 Å². The van der Waals surface area contributed by atoms with Gasteiger partial charge in [-0.2, -0.15) is 5.10 Å². The number of nitrogens with zero attached hydrogens (tertiary/aromatic N) is 3. The van der Waals surface area contributed by atoms with Gasteiger partial charge in [0.05, 0.1) is 20.3 Å². The molecule has 8 nitrogen and oxygen atoms in total. The summed E-state index contributed by atoms with van der Waals surface area (Å²) in [5, 5.41) is 9.80. The Bertz CT molecular complexity index is 688. The van der Waals surface area contributed by atoms with Crippen molar-refractivity contribution in [1.29, 1.82) is 0 Å². The van der Waals surface area contributed by atoms with E-state index in [1.54, 1.807) is 25.2 Å². The van der Waals surface area contributed by atoms with Crippen molar-refractivity contribution in [3.8, 4) is 11.5 Å². The first-order chi connectivity index (χ1) is 12.0. The van der Waals surface area contributed by atoms with E-state index in [1.807, 2.05) is 26.0 Å². The lowest BCUT2D eigenvalue weighted by Crippen LogP contribution is -2.38. The molecule has 1 heterocycles. The maximum atomic E-state index is 12.1. The Balaban J connectivity index is 1.85. The van der Waals surface area contributed by atoms with E-state index >= 15 is 0 Å². The van der Waals surface area contributed by atoms with Crippen molar-refractivity contribution in [1.82, 2.24) is 25.4 Å². The molecule has 2 N–H and O–H groups in total. The van der Waals surface area contributed by atoms with Crippen LogP contribution in [0.25, 0.3) is 0 Å². The molecule has 0 aliphatic rings. The Morgan fingerprint density at radius 1 is 1.28 bits per heavy atom. The standard InChI is InChI=1S/C17H25N5O3/c1-12-8-15(24-3)16(25-4)9-14(12)13(2)21-17(23)19-6-5-7-22-11-18-10-20-22/h8-11,13H,5-7H2,1-4H3,(H2,19,21,23)/t13-/m0/s1. The number of amides is 2. The van der Waals surface area contributed by atoms with Gasteiger partial charge in [0.15, 0.2) is 11.5 Å². The van der Waals surface area contributed by atoms with Gasteiger partial charge in [-0.3, -0.25) is 4.68 Å². The number of benzene rings is 1. The van der Waals surface area contributed by atoms with Crippen molar-refractivity contribution in [2.75, 3.05) is 20.8 Å². The van der Waals surface area contributed by atoms with Crippen molar-refractivity contribution in [2.24, 2.45) is 0 Å². The lowest BCUT2D eigenvalue weighted by Gasteiger charge is -2.19. The number of rotatable bonds is 8. The SMILES string of the molecule is COc1cc(C)c([C@H](C)NC(=O)NCCCn2cncn2)cc1OC. The minimum absolute atomic E-state index is 0.157. The highest BCUT2D eigenvalue weighted by Crippen LogP contribution is 2.32. The first kappa shape index (κ1) is 18.6. The fraction of sp³-hybridized carbons (Fsp3) is 0.471. The first-order valence-electron chi connectivity index (χ1n) is 8.14. The summed E-state index contributed by atoms with van der Waals surface area (Å²) in [6.07, 6.45) is 3.93. The number of nitrogens with one attached hydrogen (secondary N) is 2. The lowest BCUT2D eigenvalue weighted by molar-refractivity contribution is 0.237. The number of ether oxygens (including phenoxy) is 2. The van der Waals surface area contributed by atoms with Crippen LogP contribution >= 0.6 is 0 Å². The van der Waals surface area contributed by atoms with Gasteiger partial charge in [-0.1, -0.05) is 0 Å². The molecule has 0 aliphatic carbocycles. The molecule has 0 bridgehead atoms. The summed E-state index contributed by atoms with van der Waals surface area (Å²) in [5.41, 5.74) is 2.01. The fourth-order valence-corrected chi connectivity index (χ4v) is 2.58. The van der Waals surface area contributed by atoms with E-state index in [2.05, 4.69) is 20.7 Å². The number of hydrogen-bond acceptors (Lipinski definition) is 5. The van der Waals surface area contributed by atoms with Crippen molar-refractivity contribution >= 4 is 6.03 Å². The van der Waals surface area contributed by atoms with Gasteiger partial charge in [0.2, 0.25) is 0 Å². The Morgan fingerprint density at radius 2 is 2.00 bits per heavy atom. The Labute approximate surface area is 147 Å². The molecule has 0 fully saturated rings. The number of carbonyl (C=O) groups is 1. The predicted octanol–water partition coefficient (Wildman–Crippen LogP) is 2.05. The molecule has 1 aromatic carbocycles. The third-order valence-corrected chi connectivity index (χ3v) is 3.90. The summed E-state index contributed by atoms with van der Waals surface area (Å²) in [7, 11) is 3.20. The largest absolute Gasteiger partial charge is 0.493 e. The maximum absolute atomic E-state index is 12.1. The molecule has 25 heavy (non-hydrogen) atoms. The third-order valence-electron chi connectivity index (χ3n) is 3.90. The molecule has 2 aromatic rings. The number of urea groups is 1. The lowest BCUT2D eigenvalue weighted by atomic mass is 10.0. The predicted molar refractivity (Wildman–Crippen MR) is 93.9 cm³/mol. The maximum Gasteiger partial charge on any atom is 0.315 e. The number of aryl methyl sites for hydroxylation is 2. The van der Waals surface area contributed by atoms with E-state index in [9.17, 15) is 4.79 Å². The topological polar surface area (TPSA) is 90.3 Å². The second kappa shape index (κ2) is 8.91.